The van der Waals surface area contributed by atoms with Crippen LogP contribution in [0.1, 0.15) is 25.3 Å². The highest BCUT2D eigenvalue weighted by molar-refractivity contribution is 6.03. The van der Waals surface area contributed by atoms with Crippen LogP contribution in [0.15, 0.2) is 42.5 Å². The molecule has 27 heavy (non-hydrogen) atoms. The van der Waals surface area contributed by atoms with Gasteiger partial charge in [-0.05, 0) is 42.3 Å². The molecule has 2 aromatic carbocycles. The third-order valence-corrected chi connectivity index (χ3v) is 4.78. The summed E-state index contributed by atoms with van der Waals surface area (Å²) in [5.74, 6) is -0.0523. The van der Waals surface area contributed by atoms with Crippen LogP contribution in [0, 0.1) is 5.92 Å². The summed E-state index contributed by atoms with van der Waals surface area (Å²) < 4.78 is 5.12. The van der Waals surface area contributed by atoms with E-state index in [0.717, 1.165) is 18.5 Å². The number of nitrogens with two attached hydrogens (primary N) is 1. The van der Waals surface area contributed by atoms with Gasteiger partial charge in [0.15, 0.2) is 0 Å². The molecule has 0 radical (unpaired) electrons. The van der Waals surface area contributed by atoms with Crippen molar-refractivity contribution in [3.05, 3.63) is 48.0 Å². The summed E-state index contributed by atoms with van der Waals surface area (Å²) in [4.78, 5) is 26.7. The molecule has 1 heterocycles. The summed E-state index contributed by atoms with van der Waals surface area (Å²) in [7, 11) is 1.54. The van der Waals surface area contributed by atoms with Gasteiger partial charge in [-0.1, -0.05) is 25.5 Å². The Morgan fingerprint density at radius 2 is 2.00 bits per heavy atom. The van der Waals surface area contributed by atoms with E-state index in [9.17, 15) is 9.59 Å². The molecular formula is C21H25N3O3. The molecule has 1 unspecified atom stereocenters. The molecule has 0 spiro atoms. The number of hydrogen-bond acceptors (Lipinski definition) is 4. The van der Waals surface area contributed by atoms with Crippen molar-refractivity contribution in [3.63, 3.8) is 0 Å². The Morgan fingerprint density at radius 3 is 2.63 bits per heavy atom. The van der Waals surface area contributed by atoms with E-state index in [1.54, 1.807) is 23.1 Å². The zero-order chi connectivity index (χ0) is 19.4. The second kappa shape index (κ2) is 8.12. The average molecular weight is 367 g/mol. The van der Waals surface area contributed by atoms with Crippen molar-refractivity contribution in [2.75, 3.05) is 29.6 Å². The number of methoxy groups -OCH3 is 1. The zero-order valence-electron chi connectivity index (χ0n) is 15.7. The van der Waals surface area contributed by atoms with Gasteiger partial charge < -0.3 is 20.7 Å². The molecule has 142 valence electrons. The molecule has 6 heteroatoms. The minimum atomic E-state index is -0.392. The van der Waals surface area contributed by atoms with Crippen LogP contribution in [0.5, 0.6) is 5.75 Å². The van der Waals surface area contributed by atoms with E-state index >= 15 is 0 Å². The van der Waals surface area contributed by atoms with Gasteiger partial charge in [-0.15, -0.1) is 0 Å². The van der Waals surface area contributed by atoms with E-state index in [0.29, 0.717) is 23.7 Å². The smallest absolute Gasteiger partial charge is 0.229 e. The number of carbonyl (C=O) groups excluding carboxylic acids is 2. The highest BCUT2D eigenvalue weighted by atomic mass is 16.5. The number of ether oxygens (including phenoxy) is 1. The molecule has 3 rings (SSSR count). The number of nitrogen functional groups attached to an aromatic ring is 1. The number of aryl methyl sites for hydroxylation is 1. The van der Waals surface area contributed by atoms with Crippen LogP contribution in [0.2, 0.25) is 0 Å². The number of anilines is 3. The minimum absolute atomic E-state index is 0.0346. The van der Waals surface area contributed by atoms with Gasteiger partial charge >= 0.3 is 0 Å². The van der Waals surface area contributed by atoms with Crippen molar-refractivity contribution >= 4 is 28.9 Å². The van der Waals surface area contributed by atoms with E-state index in [4.69, 9.17) is 10.5 Å². The highest BCUT2D eigenvalue weighted by Gasteiger charge is 2.35. The number of benzene rings is 2. The average Bonchev–Trinajstić information content (AvgIpc) is 3.05. The van der Waals surface area contributed by atoms with Gasteiger partial charge in [0.2, 0.25) is 11.8 Å². The lowest BCUT2D eigenvalue weighted by Crippen LogP contribution is -2.28. The van der Waals surface area contributed by atoms with Crippen LogP contribution < -0.4 is 20.7 Å². The fraction of sp³-hybridized carbons (Fsp3) is 0.333. The molecule has 0 aromatic heterocycles. The van der Waals surface area contributed by atoms with Crippen LogP contribution in [0.4, 0.5) is 17.1 Å². The third-order valence-electron chi connectivity index (χ3n) is 4.78. The zero-order valence-corrected chi connectivity index (χ0v) is 15.7. The van der Waals surface area contributed by atoms with Crippen molar-refractivity contribution in [1.82, 2.24) is 0 Å². The first-order valence-corrected chi connectivity index (χ1v) is 9.15. The summed E-state index contributed by atoms with van der Waals surface area (Å²) in [5.41, 5.74) is 9.00. The van der Waals surface area contributed by atoms with Gasteiger partial charge in [0.1, 0.15) is 5.75 Å². The van der Waals surface area contributed by atoms with Crippen LogP contribution in [0.3, 0.4) is 0 Å². The Labute approximate surface area is 159 Å². The van der Waals surface area contributed by atoms with Crippen LogP contribution >= 0.6 is 0 Å². The summed E-state index contributed by atoms with van der Waals surface area (Å²) >= 11 is 0. The van der Waals surface area contributed by atoms with Gasteiger partial charge in [-0.2, -0.15) is 0 Å². The van der Waals surface area contributed by atoms with Gasteiger partial charge in [-0.25, -0.2) is 0 Å². The molecule has 3 N–H and O–H groups in total. The standard InChI is InChI=1S/C21H25N3O3/c1-3-4-14-5-8-17(9-6-14)24-13-15(11-20(24)25)21(26)23-16-7-10-19(27-2)18(22)12-16/h5-10,12,15H,3-4,11,13,22H2,1-2H3,(H,23,26). The van der Waals surface area contributed by atoms with Crippen molar-refractivity contribution in [2.45, 2.75) is 26.2 Å². The van der Waals surface area contributed by atoms with Crippen molar-refractivity contribution in [1.29, 1.82) is 0 Å². The second-order valence-corrected chi connectivity index (χ2v) is 6.77. The van der Waals surface area contributed by atoms with E-state index in [1.165, 1.54) is 12.7 Å². The molecule has 1 aliphatic heterocycles. The summed E-state index contributed by atoms with van der Waals surface area (Å²) in [6.07, 6.45) is 2.30. The second-order valence-electron chi connectivity index (χ2n) is 6.77. The maximum atomic E-state index is 12.6. The Kier molecular flexibility index (Phi) is 5.64. The fourth-order valence-electron chi connectivity index (χ4n) is 3.32. The van der Waals surface area contributed by atoms with E-state index in [1.807, 2.05) is 24.3 Å². The van der Waals surface area contributed by atoms with Crippen molar-refractivity contribution < 1.29 is 14.3 Å². The quantitative estimate of drug-likeness (QED) is 0.768. The molecule has 0 aliphatic carbocycles. The van der Waals surface area contributed by atoms with Crippen LogP contribution in [-0.2, 0) is 16.0 Å². The molecule has 0 bridgehead atoms. The number of hydrogen-bond donors (Lipinski definition) is 2. The molecule has 0 saturated carbocycles. The third kappa shape index (κ3) is 4.22. The Bertz CT molecular complexity index is 833. The molecule has 1 aliphatic rings. The lowest BCUT2D eigenvalue weighted by Gasteiger charge is -2.17. The lowest BCUT2D eigenvalue weighted by molar-refractivity contribution is -0.122. The molecule has 1 fully saturated rings. The van der Waals surface area contributed by atoms with Gasteiger partial charge in [0.05, 0.1) is 18.7 Å². The minimum Gasteiger partial charge on any atom is -0.495 e. The monoisotopic (exact) mass is 367 g/mol. The number of nitrogens with one attached hydrogen (secondary N) is 1. The topological polar surface area (TPSA) is 84.7 Å². The first-order valence-electron chi connectivity index (χ1n) is 9.15. The largest absolute Gasteiger partial charge is 0.495 e. The summed E-state index contributed by atoms with van der Waals surface area (Å²) in [6.45, 7) is 2.51. The number of nitrogens with zero attached hydrogens (tertiary/aromatic N) is 1. The molecule has 1 atom stereocenters. The van der Waals surface area contributed by atoms with Crippen LogP contribution in [-0.4, -0.2) is 25.5 Å². The predicted octanol–water partition coefficient (Wildman–Crippen LogP) is 3.22. The Morgan fingerprint density at radius 1 is 1.26 bits per heavy atom. The predicted molar refractivity (Wildman–Crippen MR) is 107 cm³/mol. The van der Waals surface area contributed by atoms with Gasteiger partial charge in [0, 0.05) is 24.3 Å². The molecule has 2 amide bonds. The van der Waals surface area contributed by atoms with Crippen molar-refractivity contribution in [2.24, 2.45) is 5.92 Å². The number of carbonyl (C=O) groups is 2. The number of rotatable bonds is 6. The lowest BCUT2D eigenvalue weighted by atomic mass is 10.1. The molecule has 6 nitrogen and oxygen atoms in total. The Hall–Kier alpha value is -3.02. The van der Waals surface area contributed by atoms with E-state index in [-0.39, 0.29) is 18.2 Å². The maximum absolute atomic E-state index is 12.6. The molecule has 2 aromatic rings. The highest BCUT2D eigenvalue weighted by Crippen LogP contribution is 2.28. The summed E-state index contributed by atoms with van der Waals surface area (Å²) in [5, 5.41) is 2.84. The molecule has 1 saturated heterocycles. The summed E-state index contributed by atoms with van der Waals surface area (Å²) in [6, 6.07) is 13.1. The Balaban J connectivity index is 1.65. The SMILES string of the molecule is CCCc1ccc(N2CC(C(=O)Nc3ccc(OC)c(N)c3)CC2=O)cc1. The first-order chi connectivity index (χ1) is 13.0. The van der Waals surface area contributed by atoms with Gasteiger partial charge in [0.25, 0.3) is 0 Å². The van der Waals surface area contributed by atoms with Crippen molar-refractivity contribution in [3.8, 4) is 5.75 Å². The first kappa shape index (κ1) is 18.8. The normalized spacial score (nSPS) is 16.4. The van der Waals surface area contributed by atoms with Crippen LogP contribution in [0.25, 0.3) is 0 Å². The molecular weight excluding hydrogens is 342 g/mol. The van der Waals surface area contributed by atoms with E-state index < -0.39 is 5.92 Å². The van der Waals surface area contributed by atoms with Gasteiger partial charge in [-0.3, -0.25) is 9.59 Å². The maximum Gasteiger partial charge on any atom is 0.229 e. The number of amides is 2. The fourth-order valence-corrected chi connectivity index (χ4v) is 3.32. The van der Waals surface area contributed by atoms with E-state index in [2.05, 4.69) is 12.2 Å².